The van der Waals surface area contributed by atoms with Gasteiger partial charge >= 0.3 is 5.69 Å². The fraction of sp³-hybridized carbons (Fsp3) is 0.333. The van der Waals surface area contributed by atoms with E-state index in [9.17, 15) is 14.7 Å². The number of aromatic nitrogens is 2. The van der Waals surface area contributed by atoms with Gasteiger partial charge in [0, 0.05) is 16.1 Å². The van der Waals surface area contributed by atoms with E-state index < -0.39 is 11.2 Å². The van der Waals surface area contributed by atoms with Crippen LogP contribution in [0.25, 0.3) is 11.1 Å². The highest BCUT2D eigenvalue weighted by Crippen LogP contribution is 2.41. The summed E-state index contributed by atoms with van der Waals surface area (Å²) in [6.07, 6.45) is 2.08. The zero-order valence-electron chi connectivity index (χ0n) is 11.5. The Morgan fingerprint density at radius 2 is 2.00 bits per heavy atom. The zero-order chi connectivity index (χ0) is 15.1. The number of halogens is 1. The fourth-order valence-electron chi connectivity index (χ4n) is 2.61. The maximum Gasteiger partial charge on any atom is 0.331 e. The summed E-state index contributed by atoms with van der Waals surface area (Å²) in [6, 6.07) is 6.98. The standard InChI is InChI=1S/C15H15BrN2O3/c1-8(9-6-7-9)18-14(20)12(13(19)17-15(18)21)10-4-2-3-5-11(10)16/h2-5,8-9,20H,6-7H2,1H3,(H,17,19,21). The quantitative estimate of drug-likeness (QED) is 0.893. The summed E-state index contributed by atoms with van der Waals surface area (Å²) in [5.41, 5.74) is -0.459. The Kier molecular flexibility index (Phi) is 3.49. The molecule has 1 unspecified atom stereocenters. The van der Waals surface area contributed by atoms with Crippen molar-refractivity contribution in [2.24, 2.45) is 5.92 Å². The molecule has 6 heteroatoms. The smallest absolute Gasteiger partial charge is 0.331 e. The van der Waals surface area contributed by atoms with Crippen molar-refractivity contribution < 1.29 is 5.11 Å². The molecule has 1 fully saturated rings. The van der Waals surface area contributed by atoms with Crippen molar-refractivity contribution >= 4 is 15.9 Å². The van der Waals surface area contributed by atoms with Gasteiger partial charge in [0.1, 0.15) is 5.56 Å². The number of aromatic amines is 1. The third-order valence-corrected chi connectivity index (χ3v) is 4.66. The van der Waals surface area contributed by atoms with E-state index in [4.69, 9.17) is 0 Å². The molecule has 1 atom stereocenters. The topological polar surface area (TPSA) is 75.1 Å². The van der Waals surface area contributed by atoms with Gasteiger partial charge < -0.3 is 5.11 Å². The number of benzene rings is 1. The lowest BCUT2D eigenvalue weighted by Gasteiger charge is -2.17. The monoisotopic (exact) mass is 350 g/mol. The molecule has 1 heterocycles. The van der Waals surface area contributed by atoms with E-state index in [0.717, 1.165) is 12.8 Å². The van der Waals surface area contributed by atoms with Gasteiger partial charge in [-0.05, 0) is 31.7 Å². The number of nitrogens with one attached hydrogen (secondary N) is 1. The van der Waals surface area contributed by atoms with Crippen molar-refractivity contribution in [2.75, 3.05) is 0 Å². The summed E-state index contributed by atoms with van der Waals surface area (Å²) in [7, 11) is 0. The van der Waals surface area contributed by atoms with Crippen LogP contribution < -0.4 is 11.2 Å². The third kappa shape index (κ3) is 2.44. The molecule has 3 rings (SSSR count). The molecule has 1 saturated carbocycles. The molecule has 1 aliphatic rings. The molecule has 1 aromatic heterocycles. The minimum absolute atomic E-state index is 0.120. The SMILES string of the molecule is CC(C1CC1)n1c(O)c(-c2ccccc2Br)c(=O)[nH]c1=O. The summed E-state index contributed by atoms with van der Waals surface area (Å²) in [4.78, 5) is 26.5. The van der Waals surface area contributed by atoms with Crippen molar-refractivity contribution in [2.45, 2.75) is 25.8 Å². The summed E-state index contributed by atoms with van der Waals surface area (Å²) in [5, 5.41) is 10.5. The summed E-state index contributed by atoms with van der Waals surface area (Å²) in [6.45, 7) is 1.89. The highest BCUT2D eigenvalue weighted by atomic mass is 79.9. The van der Waals surface area contributed by atoms with E-state index in [0.29, 0.717) is 16.0 Å². The van der Waals surface area contributed by atoms with Crippen LogP contribution in [0.15, 0.2) is 38.3 Å². The maximum atomic E-state index is 12.1. The molecular weight excluding hydrogens is 336 g/mol. The molecule has 21 heavy (non-hydrogen) atoms. The van der Waals surface area contributed by atoms with Crippen molar-refractivity contribution in [3.05, 3.63) is 49.6 Å². The van der Waals surface area contributed by atoms with Gasteiger partial charge in [-0.2, -0.15) is 0 Å². The molecule has 5 nitrogen and oxygen atoms in total. The molecular formula is C15H15BrN2O3. The molecule has 0 saturated heterocycles. The average molecular weight is 351 g/mol. The molecule has 0 spiro atoms. The summed E-state index contributed by atoms with van der Waals surface area (Å²) < 4.78 is 1.98. The molecule has 0 radical (unpaired) electrons. The number of nitrogens with zero attached hydrogens (tertiary/aromatic N) is 1. The Bertz CT molecular complexity index is 805. The van der Waals surface area contributed by atoms with Crippen LogP contribution in [0.3, 0.4) is 0 Å². The lowest BCUT2D eigenvalue weighted by Crippen LogP contribution is -2.33. The molecule has 110 valence electrons. The molecule has 1 aliphatic carbocycles. The summed E-state index contributed by atoms with van der Waals surface area (Å²) in [5.74, 6) is 0.113. The van der Waals surface area contributed by atoms with Gasteiger partial charge in [-0.25, -0.2) is 4.79 Å². The van der Waals surface area contributed by atoms with E-state index in [2.05, 4.69) is 20.9 Å². The molecule has 0 aliphatic heterocycles. The van der Waals surface area contributed by atoms with Gasteiger partial charge in [-0.3, -0.25) is 14.3 Å². The third-order valence-electron chi connectivity index (χ3n) is 3.97. The lowest BCUT2D eigenvalue weighted by atomic mass is 10.1. The minimum Gasteiger partial charge on any atom is -0.494 e. The first kappa shape index (κ1) is 14.1. The van der Waals surface area contributed by atoms with Crippen molar-refractivity contribution in [1.29, 1.82) is 0 Å². The maximum absolute atomic E-state index is 12.1. The second-order valence-corrected chi connectivity index (χ2v) is 6.24. The zero-order valence-corrected chi connectivity index (χ0v) is 13.1. The van der Waals surface area contributed by atoms with Gasteiger partial charge in [0.2, 0.25) is 5.88 Å². The number of H-pyrrole nitrogens is 1. The Morgan fingerprint density at radius 1 is 1.33 bits per heavy atom. The van der Waals surface area contributed by atoms with E-state index >= 15 is 0 Å². The normalized spacial score (nSPS) is 15.9. The van der Waals surface area contributed by atoms with Crippen LogP contribution in [0.4, 0.5) is 0 Å². The number of hydrogen-bond donors (Lipinski definition) is 2. The van der Waals surface area contributed by atoms with Crippen LogP contribution in [0, 0.1) is 5.92 Å². The first-order valence-electron chi connectivity index (χ1n) is 6.83. The Morgan fingerprint density at radius 3 is 2.62 bits per heavy atom. The van der Waals surface area contributed by atoms with Gasteiger partial charge in [0.05, 0.1) is 0 Å². The van der Waals surface area contributed by atoms with E-state index in [1.54, 1.807) is 18.2 Å². The number of aromatic hydroxyl groups is 1. The average Bonchev–Trinajstić information content (AvgIpc) is 3.24. The van der Waals surface area contributed by atoms with E-state index in [1.807, 2.05) is 13.0 Å². The first-order valence-corrected chi connectivity index (χ1v) is 7.62. The van der Waals surface area contributed by atoms with Crippen LogP contribution in [0.5, 0.6) is 5.88 Å². The summed E-state index contributed by atoms with van der Waals surface area (Å²) >= 11 is 3.37. The van der Waals surface area contributed by atoms with Crippen molar-refractivity contribution in [3.8, 4) is 17.0 Å². The van der Waals surface area contributed by atoms with Crippen molar-refractivity contribution in [1.82, 2.24) is 9.55 Å². The first-order chi connectivity index (χ1) is 10.0. The second kappa shape index (κ2) is 5.18. The van der Waals surface area contributed by atoms with Crippen LogP contribution in [0.2, 0.25) is 0 Å². The van der Waals surface area contributed by atoms with Gasteiger partial charge in [-0.15, -0.1) is 0 Å². The van der Waals surface area contributed by atoms with E-state index in [1.165, 1.54) is 4.57 Å². The Labute approximate surface area is 129 Å². The Balaban J connectivity index is 2.26. The van der Waals surface area contributed by atoms with Gasteiger partial charge in [0.15, 0.2) is 0 Å². The van der Waals surface area contributed by atoms with Gasteiger partial charge in [-0.1, -0.05) is 34.1 Å². The highest BCUT2D eigenvalue weighted by molar-refractivity contribution is 9.10. The lowest BCUT2D eigenvalue weighted by molar-refractivity contribution is 0.356. The van der Waals surface area contributed by atoms with Crippen LogP contribution in [-0.4, -0.2) is 14.7 Å². The number of hydrogen-bond acceptors (Lipinski definition) is 3. The second-order valence-electron chi connectivity index (χ2n) is 5.39. The van der Waals surface area contributed by atoms with Crippen LogP contribution in [-0.2, 0) is 0 Å². The van der Waals surface area contributed by atoms with Crippen LogP contribution in [0.1, 0.15) is 25.8 Å². The molecule has 0 amide bonds. The van der Waals surface area contributed by atoms with E-state index in [-0.39, 0.29) is 17.5 Å². The number of rotatable bonds is 3. The highest BCUT2D eigenvalue weighted by Gasteiger charge is 2.32. The van der Waals surface area contributed by atoms with Gasteiger partial charge in [0.25, 0.3) is 5.56 Å². The molecule has 1 aromatic carbocycles. The van der Waals surface area contributed by atoms with Crippen LogP contribution >= 0.6 is 15.9 Å². The minimum atomic E-state index is -0.580. The molecule has 0 bridgehead atoms. The predicted molar refractivity (Wildman–Crippen MR) is 83.6 cm³/mol. The molecule has 2 aromatic rings. The largest absolute Gasteiger partial charge is 0.494 e. The Hall–Kier alpha value is -1.82. The van der Waals surface area contributed by atoms with Crippen molar-refractivity contribution in [3.63, 3.8) is 0 Å². The molecule has 2 N–H and O–H groups in total. The predicted octanol–water partition coefficient (Wildman–Crippen LogP) is 2.64. The fourth-order valence-corrected chi connectivity index (χ4v) is 3.10.